The van der Waals surface area contributed by atoms with E-state index < -0.39 is 0 Å². The van der Waals surface area contributed by atoms with Crippen LogP contribution in [-0.2, 0) is 4.79 Å². The van der Waals surface area contributed by atoms with Gasteiger partial charge in [-0.15, -0.1) is 0 Å². The summed E-state index contributed by atoms with van der Waals surface area (Å²) in [4.78, 5) is 13.7. The Bertz CT molecular complexity index is 191. The van der Waals surface area contributed by atoms with Crippen LogP contribution in [0.3, 0.4) is 0 Å². The van der Waals surface area contributed by atoms with Crippen LogP contribution in [0.4, 0.5) is 0 Å². The first kappa shape index (κ1) is 10.5. The van der Waals surface area contributed by atoms with Crippen molar-refractivity contribution < 1.29 is 4.79 Å². The highest BCUT2D eigenvalue weighted by atomic mass is 16.2. The second-order valence-corrected chi connectivity index (χ2v) is 4.02. The van der Waals surface area contributed by atoms with E-state index in [0.717, 1.165) is 19.3 Å². The number of rotatable bonds is 2. The molecule has 0 aromatic heterocycles. The zero-order valence-corrected chi connectivity index (χ0v) is 8.79. The first-order chi connectivity index (χ1) is 6.07. The molecule has 1 fully saturated rings. The molecule has 1 aliphatic rings. The summed E-state index contributed by atoms with van der Waals surface area (Å²) < 4.78 is 0. The average molecular weight is 184 g/mol. The Morgan fingerprint density at radius 3 is 2.69 bits per heavy atom. The summed E-state index contributed by atoms with van der Waals surface area (Å²) in [6, 6.07) is 0.451. The zero-order chi connectivity index (χ0) is 10.0. The van der Waals surface area contributed by atoms with Gasteiger partial charge in [-0.05, 0) is 33.1 Å². The fourth-order valence-corrected chi connectivity index (χ4v) is 2.10. The van der Waals surface area contributed by atoms with Crippen LogP contribution in [0.25, 0.3) is 0 Å². The number of likely N-dealkylation sites (tertiary alicyclic amines) is 1. The SMILES string of the molecule is CCC1CCC(C)N1C(=O)[C@@H](C)N. The largest absolute Gasteiger partial charge is 0.336 e. The number of carbonyl (C=O) groups excluding carboxylic acids is 1. The number of hydrogen-bond donors (Lipinski definition) is 1. The molecule has 2 N–H and O–H groups in total. The molecule has 1 rings (SSSR count). The van der Waals surface area contributed by atoms with Crippen molar-refractivity contribution in [3.05, 3.63) is 0 Å². The van der Waals surface area contributed by atoms with Crippen LogP contribution in [0.15, 0.2) is 0 Å². The maximum absolute atomic E-state index is 11.7. The predicted molar refractivity (Wildman–Crippen MR) is 53.3 cm³/mol. The second kappa shape index (κ2) is 4.09. The highest BCUT2D eigenvalue weighted by Gasteiger charge is 2.33. The van der Waals surface area contributed by atoms with E-state index >= 15 is 0 Å². The number of hydrogen-bond acceptors (Lipinski definition) is 2. The Kier molecular flexibility index (Phi) is 3.31. The lowest BCUT2D eigenvalue weighted by Gasteiger charge is -2.29. The molecule has 1 heterocycles. The van der Waals surface area contributed by atoms with Gasteiger partial charge in [0.05, 0.1) is 6.04 Å². The molecule has 3 atom stereocenters. The van der Waals surface area contributed by atoms with Gasteiger partial charge in [-0.1, -0.05) is 6.92 Å². The van der Waals surface area contributed by atoms with Crippen LogP contribution in [0.1, 0.15) is 40.0 Å². The van der Waals surface area contributed by atoms with Crippen LogP contribution in [0, 0.1) is 0 Å². The lowest BCUT2D eigenvalue weighted by atomic mass is 10.1. The van der Waals surface area contributed by atoms with E-state index in [0.29, 0.717) is 12.1 Å². The van der Waals surface area contributed by atoms with E-state index in [1.165, 1.54) is 0 Å². The Morgan fingerprint density at radius 1 is 1.62 bits per heavy atom. The van der Waals surface area contributed by atoms with Gasteiger partial charge >= 0.3 is 0 Å². The molecule has 3 nitrogen and oxygen atoms in total. The molecular weight excluding hydrogens is 164 g/mol. The lowest BCUT2D eigenvalue weighted by Crippen LogP contribution is -2.47. The lowest BCUT2D eigenvalue weighted by molar-refractivity contribution is -0.134. The van der Waals surface area contributed by atoms with Crippen molar-refractivity contribution >= 4 is 5.91 Å². The predicted octanol–water partition coefficient (Wildman–Crippen LogP) is 1.12. The van der Waals surface area contributed by atoms with Crippen molar-refractivity contribution in [3.63, 3.8) is 0 Å². The molecule has 0 radical (unpaired) electrons. The van der Waals surface area contributed by atoms with Crippen molar-refractivity contribution in [1.29, 1.82) is 0 Å². The van der Waals surface area contributed by atoms with Crippen LogP contribution in [-0.4, -0.2) is 28.9 Å². The first-order valence-electron chi connectivity index (χ1n) is 5.15. The van der Waals surface area contributed by atoms with Gasteiger partial charge in [0.2, 0.25) is 5.91 Å². The van der Waals surface area contributed by atoms with Gasteiger partial charge in [-0.2, -0.15) is 0 Å². The third-order valence-corrected chi connectivity index (χ3v) is 2.90. The molecule has 1 saturated heterocycles. The molecule has 0 spiro atoms. The zero-order valence-electron chi connectivity index (χ0n) is 8.79. The van der Waals surface area contributed by atoms with E-state index in [1.54, 1.807) is 6.92 Å². The number of nitrogens with zero attached hydrogens (tertiary/aromatic N) is 1. The topological polar surface area (TPSA) is 46.3 Å². The van der Waals surface area contributed by atoms with Gasteiger partial charge in [0.15, 0.2) is 0 Å². The molecule has 3 heteroatoms. The van der Waals surface area contributed by atoms with E-state index in [1.807, 2.05) is 4.90 Å². The van der Waals surface area contributed by atoms with E-state index in [9.17, 15) is 4.79 Å². The Hall–Kier alpha value is -0.570. The molecule has 0 bridgehead atoms. The summed E-state index contributed by atoms with van der Waals surface area (Å²) in [6.07, 6.45) is 3.30. The summed E-state index contributed by atoms with van der Waals surface area (Å²) in [5.74, 6) is 0.108. The fourth-order valence-electron chi connectivity index (χ4n) is 2.10. The maximum Gasteiger partial charge on any atom is 0.239 e. The van der Waals surface area contributed by atoms with Gasteiger partial charge in [-0.25, -0.2) is 0 Å². The van der Waals surface area contributed by atoms with E-state index in [-0.39, 0.29) is 11.9 Å². The molecule has 0 aromatic rings. The fraction of sp³-hybridized carbons (Fsp3) is 0.900. The molecule has 0 aromatic carbocycles. The smallest absolute Gasteiger partial charge is 0.239 e. The molecular formula is C10H20N2O. The van der Waals surface area contributed by atoms with Crippen LogP contribution in [0.5, 0.6) is 0 Å². The van der Waals surface area contributed by atoms with Crippen molar-refractivity contribution in [1.82, 2.24) is 4.90 Å². The van der Waals surface area contributed by atoms with Crippen LogP contribution >= 0.6 is 0 Å². The second-order valence-electron chi connectivity index (χ2n) is 4.02. The van der Waals surface area contributed by atoms with Gasteiger partial charge in [0.25, 0.3) is 0 Å². The molecule has 1 amide bonds. The highest BCUT2D eigenvalue weighted by molar-refractivity contribution is 5.82. The molecule has 13 heavy (non-hydrogen) atoms. The molecule has 2 unspecified atom stereocenters. The standard InChI is InChI=1S/C10H20N2O/c1-4-9-6-5-7(2)12(9)10(13)8(3)11/h7-9H,4-6,11H2,1-3H3/t7?,8-,9?/m1/s1. The third-order valence-electron chi connectivity index (χ3n) is 2.90. The number of nitrogens with two attached hydrogens (primary N) is 1. The quantitative estimate of drug-likeness (QED) is 0.699. The van der Waals surface area contributed by atoms with Crippen LogP contribution < -0.4 is 5.73 Å². The van der Waals surface area contributed by atoms with Gasteiger partial charge < -0.3 is 10.6 Å². The van der Waals surface area contributed by atoms with Crippen molar-refractivity contribution in [2.24, 2.45) is 5.73 Å². The maximum atomic E-state index is 11.7. The van der Waals surface area contributed by atoms with E-state index in [2.05, 4.69) is 13.8 Å². The molecule has 76 valence electrons. The monoisotopic (exact) mass is 184 g/mol. The van der Waals surface area contributed by atoms with E-state index in [4.69, 9.17) is 5.73 Å². The summed E-state index contributed by atoms with van der Waals surface area (Å²) in [5, 5.41) is 0. The minimum atomic E-state index is -0.352. The van der Waals surface area contributed by atoms with Crippen molar-refractivity contribution in [3.8, 4) is 0 Å². The summed E-state index contributed by atoms with van der Waals surface area (Å²) >= 11 is 0. The number of amides is 1. The summed E-state index contributed by atoms with van der Waals surface area (Å²) in [5.41, 5.74) is 5.60. The molecule has 0 aliphatic carbocycles. The Labute approximate surface area is 80.3 Å². The third kappa shape index (κ3) is 2.02. The number of carbonyl (C=O) groups is 1. The van der Waals surface area contributed by atoms with Crippen molar-refractivity contribution in [2.75, 3.05) is 0 Å². The average Bonchev–Trinajstić information content (AvgIpc) is 2.45. The minimum absolute atomic E-state index is 0.108. The molecule has 0 saturated carbocycles. The van der Waals surface area contributed by atoms with Gasteiger partial charge in [-0.3, -0.25) is 4.79 Å². The van der Waals surface area contributed by atoms with Gasteiger partial charge in [0.1, 0.15) is 0 Å². The highest BCUT2D eigenvalue weighted by Crippen LogP contribution is 2.26. The van der Waals surface area contributed by atoms with Gasteiger partial charge in [0, 0.05) is 12.1 Å². The minimum Gasteiger partial charge on any atom is -0.336 e. The summed E-state index contributed by atoms with van der Waals surface area (Å²) in [6.45, 7) is 6.00. The normalized spacial score (nSPS) is 30.6. The first-order valence-corrected chi connectivity index (χ1v) is 5.15. The summed E-state index contributed by atoms with van der Waals surface area (Å²) in [7, 11) is 0. The van der Waals surface area contributed by atoms with Crippen molar-refractivity contribution in [2.45, 2.75) is 58.2 Å². The molecule has 1 aliphatic heterocycles. The Balaban J connectivity index is 2.69. The Morgan fingerprint density at radius 2 is 2.23 bits per heavy atom. The van der Waals surface area contributed by atoms with Crippen LogP contribution in [0.2, 0.25) is 0 Å².